The summed E-state index contributed by atoms with van der Waals surface area (Å²) in [4.78, 5) is 0.273. The number of rotatable bonds is 7. The molecular weight excluding hydrogens is 296 g/mol. The number of hydrogen-bond donors (Lipinski definition) is 2. The Morgan fingerprint density at radius 1 is 1.25 bits per heavy atom. The molecule has 0 atom stereocenters. The number of sulfonamides is 1. The van der Waals surface area contributed by atoms with Crippen molar-refractivity contribution in [2.45, 2.75) is 56.9 Å². The molecule has 7 heteroatoms. The molecule has 0 aliphatic heterocycles. The normalized spacial score (nSPS) is 20.1. The first kappa shape index (κ1) is 17.8. The molecule has 1 rings (SSSR count). The first-order valence-electron chi connectivity index (χ1n) is 7.22. The van der Waals surface area contributed by atoms with Crippen LogP contribution >= 0.6 is 12.2 Å². The third-order valence-corrected chi connectivity index (χ3v) is 5.71. The number of nitrogens with one attached hydrogen (secondary N) is 1. The molecule has 118 valence electrons. The van der Waals surface area contributed by atoms with Crippen molar-refractivity contribution >= 4 is 27.2 Å². The van der Waals surface area contributed by atoms with E-state index >= 15 is 0 Å². The maximum absolute atomic E-state index is 12.2. The van der Waals surface area contributed by atoms with Crippen molar-refractivity contribution in [3.63, 3.8) is 0 Å². The van der Waals surface area contributed by atoms with Gasteiger partial charge in [-0.3, -0.25) is 0 Å². The van der Waals surface area contributed by atoms with Crippen LogP contribution in [0.5, 0.6) is 0 Å². The highest BCUT2D eigenvalue weighted by Crippen LogP contribution is 2.27. The summed E-state index contributed by atoms with van der Waals surface area (Å²) in [6.45, 7) is 0.432. The highest BCUT2D eigenvalue weighted by atomic mass is 32.2. The minimum atomic E-state index is -3.38. The van der Waals surface area contributed by atoms with E-state index in [1.807, 2.05) is 0 Å². The van der Waals surface area contributed by atoms with E-state index < -0.39 is 15.6 Å². The predicted octanol–water partition coefficient (Wildman–Crippen LogP) is 1.71. The maximum atomic E-state index is 12.2. The number of ether oxygens (including phenoxy) is 1. The molecule has 5 nitrogen and oxygen atoms in total. The van der Waals surface area contributed by atoms with Crippen LogP contribution in [0.4, 0.5) is 0 Å². The molecule has 0 bridgehead atoms. The molecule has 20 heavy (non-hydrogen) atoms. The van der Waals surface area contributed by atoms with E-state index in [9.17, 15) is 8.42 Å². The molecule has 0 heterocycles. The Kier molecular flexibility index (Phi) is 7.36. The van der Waals surface area contributed by atoms with Gasteiger partial charge in [0.05, 0.1) is 16.3 Å². The monoisotopic (exact) mass is 322 g/mol. The molecular formula is C13H26N2O3S2. The molecule has 1 aliphatic rings. The topological polar surface area (TPSA) is 81.4 Å². The van der Waals surface area contributed by atoms with Gasteiger partial charge in [-0.1, -0.05) is 44.3 Å². The van der Waals surface area contributed by atoms with Gasteiger partial charge in [0.15, 0.2) is 0 Å². The van der Waals surface area contributed by atoms with E-state index in [4.69, 9.17) is 22.7 Å². The van der Waals surface area contributed by atoms with Gasteiger partial charge in [0.2, 0.25) is 10.0 Å². The average molecular weight is 322 g/mol. The van der Waals surface area contributed by atoms with Gasteiger partial charge in [0.25, 0.3) is 0 Å². The highest BCUT2D eigenvalue weighted by molar-refractivity contribution is 7.89. The van der Waals surface area contributed by atoms with Crippen LogP contribution in [0.2, 0.25) is 0 Å². The van der Waals surface area contributed by atoms with E-state index in [-0.39, 0.29) is 10.7 Å². The van der Waals surface area contributed by atoms with E-state index in [0.29, 0.717) is 25.9 Å². The van der Waals surface area contributed by atoms with Crippen LogP contribution in [0.3, 0.4) is 0 Å². The van der Waals surface area contributed by atoms with E-state index in [0.717, 1.165) is 25.7 Å². The van der Waals surface area contributed by atoms with Crippen molar-refractivity contribution in [2.24, 2.45) is 5.73 Å². The van der Waals surface area contributed by atoms with Crippen molar-refractivity contribution in [1.82, 2.24) is 4.72 Å². The zero-order chi connectivity index (χ0) is 15.1. The van der Waals surface area contributed by atoms with Crippen LogP contribution in [0.1, 0.15) is 51.4 Å². The minimum absolute atomic E-state index is 0.0468. The fourth-order valence-corrected chi connectivity index (χ4v) is 4.48. The second-order valence-corrected chi connectivity index (χ2v) is 7.76. The summed E-state index contributed by atoms with van der Waals surface area (Å²) in [6.07, 6.45) is 7.20. The maximum Gasteiger partial charge on any atom is 0.212 e. The molecule has 0 unspecified atom stereocenters. The molecule has 1 aliphatic carbocycles. The molecule has 0 saturated heterocycles. The molecule has 0 aromatic heterocycles. The van der Waals surface area contributed by atoms with Gasteiger partial charge in [-0.2, -0.15) is 0 Å². The third-order valence-electron chi connectivity index (χ3n) is 3.79. The molecule has 1 fully saturated rings. The fourth-order valence-electron chi connectivity index (χ4n) is 2.65. The van der Waals surface area contributed by atoms with Crippen molar-refractivity contribution in [3.8, 4) is 0 Å². The number of hydrogen-bond acceptors (Lipinski definition) is 4. The third kappa shape index (κ3) is 5.63. The van der Waals surface area contributed by atoms with Crippen LogP contribution in [0.25, 0.3) is 0 Å². The van der Waals surface area contributed by atoms with Gasteiger partial charge >= 0.3 is 0 Å². The zero-order valence-electron chi connectivity index (χ0n) is 12.2. The molecule has 3 N–H and O–H groups in total. The molecule has 0 radical (unpaired) electrons. The Labute approximate surface area is 127 Å². The molecule has 1 saturated carbocycles. The molecule has 0 aromatic rings. The van der Waals surface area contributed by atoms with Gasteiger partial charge < -0.3 is 10.5 Å². The van der Waals surface area contributed by atoms with Gasteiger partial charge in [-0.25, -0.2) is 13.1 Å². The van der Waals surface area contributed by atoms with Gasteiger partial charge in [0.1, 0.15) is 0 Å². The van der Waals surface area contributed by atoms with Crippen molar-refractivity contribution in [2.75, 3.05) is 19.5 Å². The lowest BCUT2D eigenvalue weighted by molar-refractivity contribution is 0.199. The standard InChI is InChI=1S/C13H26N2O3S2/c1-18-10-7-11-20(16,17)15-13(12(14)19)8-5-3-2-4-6-9-13/h15H,2-11H2,1H3,(H2,14,19). The SMILES string of the molecule is COCCCS(=O)(=O)NC1(C(N)=S)CCCCCCC1. The second-order valence-electron chi connectivity index (χ2n) is 5.48. The number of thiocarbonyl (C=S) groups is 1. The summed E-state index contributed by atoms with van der Waals surface area (Å²) in [5, 5.41) is 0. The molecule has 0 spiro atoms. The summed E-state index contributed by atoms with van der Waals surface area (Å²) in [5.74, 6) is 0.0468. The molecule has 0 amide bonds. The van der Waals surface area contributed by atoms with Crippen molar-refractivity contribution in [3.05, 3.63) is 0 Å². The Bertz CT molecular complexity index is 402. The van der Waals surface area contributed by atoms with Crippen molar-refractivity contribution in [1.29, 1.82) is 0 Å². The Morgan fingerprint density at radius 3 is 2.30 bits per heavy atom. The second kappa shape index (κ2) is 8.26. The Hall–Kier alpha value is -0.240. The summed E-state index contributed by atoms with van der Waals surface area (Å²) in [6, 6.07) is 0. The average Bonchev–Trinajstić information content (AvgIpc) is 2.32. The van der Waals surface area contributed by atoms with Crippen LogP contribution in [-0.4, -0.2) is 38.4 Å². The number of nitrogens with two attached hydrogens (primary N) is 1. The van der Waals surface area contributed by atoms with E-state index in [1.54, 1.807) is 7.11 Å². The first-order chi connectivity index (χ1) is 9.42. The quantitative estimate of drug-likeness (QED) is 0.551. The summed E-state index contributed by atoms with van der Waals surface area (Å²) in [7, 11) is -1.82. The van der Waals surface area contributed by atoms with Crippen LogP contribution < -0.4 is 10.5 Å². The van der Waals surface area contributed by atoms with Crippen LogP contribution in [0, 0.1) is 0 Å². The first-order valence-corrected chi connectivity index (χ1v) is 9.28. The number of methoxy groups -OCH3 is 1. The van der Waals surface area contributed by atoms with Crippen LogP contribution in [-0.2, 0) is 14.8 Å². The fraction of sp³-hybridized carbons (Fsp3) is 0.923. The summed E-state index contributed by atoms with van der Waals surface area (Å²) >= 11 is 5.16. The highest BCUT2D eigenvalue weighted by Gasteiger charge is 2.37. The Morgan fingerprint density at radius 2 is 1.80 bits per heavy atom. The minimum Gasteiger partial charge on any atom is -0.392 e. The van der Waals surface area contributed by atoms with Crippen LogP contribution in [0.15, 0.2) is 0 Å². The largest absolute Gasteiger partial charge is 0.392 e. The van der Waals surface area contributed by atoms with Crippen molar-refractivity contribution < 1.29 is 13.2 Å². The van der Waals surface area contributed by atoms with Gasteiger partial charge in [-0.15, -0.1) is 0 Å². The zero-order valence-corrected chi connectivity index (χ0v) is 13.8. The lowest BCUT2D eigenvalue weighted by atomic mass is 9.85. The van der Waals surface area contributed by atoms with E-state index in [2.05, 4.69) is 4.72 Å². The van der Waals surface area contributed by atoms with Gasteiger partial charge in [0, 0.05) is 13.7 Å². The Balaban J connectivity index is 2.76. The summed E-state index contributed by atoms with van der Waals surface area (Å²) < 4.78 is 32.1. The lowest BCUT2D eigenvalue weighted by Crippen LogP contribution is -2.57. The summed E-state index contributed by atoms with van der Waals surface area (Å²) in [5.41, 5.74) is 5.13. The molecule has 0 aromatic carbocycles. The van der Waals surface area contributed by atoms with Gasteiger partial charge in [-0.05, 0) is 19.3 Å². The van der Waals surface area contributed by atoms with E-state index in [1.165, 1.54) is 6.42 Å². The predicted molar refractivity (Wildman–Crippen MR) is 85.3 cm³/mol. The smallest absolute Gasteiger partial charge is 0.212 e. The lowest BCUT2D eigenvalue weighted by Gasteiger charge is -2.35.